The van der Waals surface area contributed by atoms with Crippen LogP contribution in [0, 0.1) is 34.0 Å². The van der Waals surface area contributed by atoms with Gasteiger partial charge in [-0.15, -0.1) is 0 Å². The van der Waals surface area contributed by atoms with Crippen molar-refractivity contribution in [3.8, 4) is 51.6 Å². The lowest BCUT2D eigenvalue weighted by Crippen LogP contribution is -1.89. The van der Waals surface area contributed by atoms with Crippen LogP contribution in [0.1, 0.15) is 16.7 Å². The first-order valence-electron chi connectivity index (χ1n) is 14.0. The van der Waals surface area contributed by atoms with Gasteiger partial charge in [-0.3, -0.25) is 0 Å². The van der Waals surface area contributed by atoms with Gasteiger partial charge < -0.3 is 8.83 Å². The maximum Gasteiger partial charge on any atom is 0.136 e. The van der Waals surface area contributed by atoms with Gasteiger partial charge >= 0.3 is 0 Å². The Morgan fingerprint density at radius 1 is 0.409 bits per heavy atom. The van der Waals surface area contributed by atoms with Gasteiger partial charge in [-0.05, 0) is 112 Å². The van der Waals surface area contributed by atoms with Gasteiger partial charge in [0.2, 0.25) is 0 Å². The Morgan fingerprint density at radius 2 is 1.00 bits per heavy atom. The zero-order chi connectivity index (χ0) is 29.8. The topological polar surface area (TPSA) is 97.7 Å². The molecule has 6 aromatic carbocycles. The second-order valence-electron chi connectivity index (χ2n) is 10.7. The van der Waals surface area contributed by atoms with Crippen LogP contribution >= 0.6 is 0 Å². The van der Waals surface area contributed by atoms with E-state index in [0.717, 1.165) is 71.7 Å². The van der Waals surface area contributed by atoms with Crippen molar-refractivity contribution in [2.75, 3.05) is 0 Å². The molecule has 0 aliphatic rings. The normalized spacial score (nSPS) is 11.1. The molecule has 202 valence electrons. The van der Waals surface area contributed by atoms with Gasteiger partial charge in [0.1, 0.15) is 22.3 Å². The van der Waals surface area contributed by atoms with Crippen molar-refractivity contribution in [2.24, 2.45) is 0 Å². The molecule has 0 aliphatic carbocycles. The summed E-state index contributed by atoms with van der Waals surface area (Å²) in [6.07, 6.45) is 0. The first-order valence-corrected chi connectivity index (χ1v) is 14.0. The van der Waals surface area contributed by atoms with E-state index in [9.17, 15) is 15.8 Å². The fourth-order valence-corrected chi connectivity index (χ4v) is 6.10. The molecule has 0 atom stereocenters. The summed E-state index contributed by atoms with van der Waals surface area (Å²) in [5.41, 5.74) is 10.2. The summed E-state index contributed by atoms with van der Waals surface area (Å²) in [6.45, 7) is 0. The lowest BCUT2D eigenvalue weighted by atomic mass is 9.90. The van der Waals surface area contributed by atoms with Crippen LogP contribution in [0.5, 0.6) is 0 Å². The summed E-state index contributed by atoms with van der Waals surface area (Å²) in [5, 5.41) is 32.6. The maximum absolute atomic E-state index is 9.95. The summed E-state index contributed by atoms with van der Waals surface area (Å²) >= 11 is 0. The Labute approximate surface area is 251 Å². The molecule has 0 bridgehead atoms. The van der Waals surface area contributed by atoms with E-state index in [2.05, 4.69) is 48.5 Å². The molecule has 5 heteroatoms. The number of benzene rings is 6. The minimum absolute atomic E-state index is 0.563. The van der Waals surface area contributed by atoms with Gasteiger partial charge in [-0.1, -0.05) is 36.4 Å². The van der Waals surface area contributed by atoms with Crippen LogP contribution in [-0.2, 0) is 0 Å². The summed E-state index contributed by atoms with van der Waals surface area (Å²) in [4.78, 5) is 0. The first kappa shape index (κ1) is 25.1. The number of furan rings is 2. The van der Waals surface area contributed by atoms with Crippen LogP contribution in [0.2, 0.25) is 0 Å². The van der Waals surface area contributed by atoms with E-state index in [4.69, 9.17) is 8.83 Å². The van der Waals surface area contributed by atoms with E-state index < -0.39 is 0 Å². The predicted molar refractivity (Wildman–Crippen MR) is 171 cm³/mol. The van der Waals surface area contributed by atoms with Crippen LogP contribution < -0.4 is 0 Å². The molecule has 5 nitrogen and oxygen atoms in total. The van der Waals surface area contributed by atoms with E-state index in [1.165, 1.54) is 0 Å². The van der Waals surface area contributed by atoms with Crippen LogP contribution in [0.15, 0.2) is 124 Å². The molecular weight excluding hydrogens is 542 g/mol. The molecule has 0 radical (unpaired) electrons. The van der Waals surface area contributed by atoms with E-state index in [1.807, 2.05) is 72.8 Å². The van der Waals surface area contributed by atoms with Crippen molar-refractivity contribution in [2.45, 2.75) is 0 Å². The zero-order valence-corrected chi connectivity index (χ0v) is 23.1. The molecule has 8 rings (SSSR count). The monoisotopic (exact) mass is 561 g/mol. The van der Waals surface area contributed by atoms with Crippen LogP contribution in [0.25, 0.3) is 77.3 Å². The van der Waals surface area contributed by atoms with Crippen molar-refractivity contribution >= 4 is 43.9 Å². The van der Waals surface area contributed by atoms with Crippen LogP contribution in [0.4, 0.5) is 0 Å². The van der Waals surface area contributed by atoms with Crippen LogP contribution in [0.3, 0.4) is 0 Å². The molecule has 0 aliphatic heterocycles. The van der Waals surface area contributed by atoms with Crippen molar-refractivity contribution in [1.29, 1.82) is 15.8 Å². The highest BCUT2D eigenvalue weighted by molar-refractivity contribution is 6.13. The van der Waals surface area contributed by atoms with Crippen molar-refractivity contribution in [1.82, 2.24) is 0 Å². The zero-order valence-electron chi connectivity index (χ0n) is 23.1. The van der Waals surface area contributed by atoms with Gasteiger partial charge in [-0.25, -0.2) is 0 Å². The van der Waals surface area contributed by atoms with Crippen molar-refractivity contribution in [3.05, 3.63) is 132 Å². The highest BCUT2D eigenvalue weighted by Crippen LogP contribution is 2.41. The molecule has 8 aromatic rings. The quantitative estimate of drug-likeness (QED) is 0.214. The highest BCUT2D eigenvalue weighted by atomic mass is 16.3. The summed E-state index contributed by atoms with van der Waals surface area (Å²) in [6, 6.07) is 43.7. The summed E-state index contributed by atoms with van der Waals surface area (Å²) in [5.74, 6) is 0. The largest absolute Gasteiger partial charge is 0.456 e. The number of nitrogens with zero attached hydrogens (tertiary/aromatic N) is 3. The average Bonchev–Trinajstić information content (AvgIpc) is 3.65. The number of rotatable bonds is 3. The molecule has 2 aromatic heterocycles. The van der Waals surface area contributed by atoms with Crippen molar-refractivity contribution < 1.29 is 8.83 Å². The number of hydrogen-bond acceptors (Lipinski definition) is 5. The number of fused-ring (bicyclic) bond motifs is 6. The Morgan fingerprint density at radius 3 is 1.75 bits per heavy atom. The third kappa shape index (κ3) is 3.92. The Hall–Kier alpha value is -6.61. The molecule has 0 spiro atoms. The number of hydrogen-bond donors (Lipinski definition) is 0. The van der Waals surface area contributed by atoms with Crippen LogP contribution in [-0.4, -0.2) is 0 Å². The van der Waals surface area contributed by atoms with Gasteiger partial charge in [0.25, 0.3) is 0 Å². The predicted octanol–water partition coefficient (Wildman–Crippen LogP) is 10.1. The lowest BCUT2D eigenvalue weighted by Gasteiger charge is -2.13. The van der Waals surface area contributed by atoms with E-state index >= 15 is 0 Å². The molecule has 0 fully saturated rings. The molecular formula is C39H19N3O2. The van der Waals surface area contributed by atoms with Gasteiger partial charge in [0, 0.05) is 21.5 Å². The SMILES string of the molecule is N#Cc1ccc2oc3ccc(-c4cc(-c5ccccc5C#N)cc(-c5cccc6oc7ccc(C#N)cc7c56)c4)cc3c2c1. The second-order valence-corrected chi connectivity index (χ2v) is 10.7. The van der Waals surface area contributed by atoms with E-state index in [1.54, 1.807) is 12.1 Å². The maximum atomic E-state index is 9.95. The third-order valence-corrected chi connectivity index (χ3v) is 8.16. The van der Waals surface area contributed by atoms with Gasteiger partial charge in [0.05, 0.1) is 34.9 Å². The summed E-state index contributed by atoms with van der Waals surface area (Å²) < 4.78 is 12.3. The molecule has 0 N–H and O–H groups in total. The molecule has 0 amide bonds. The fourth-order valence-electron chi connectivity index (χ4n) is 6.10. The Bertz CT molecular complexity index is 2600. The lowest BCUT2D eigenvalue weighted by molar-refractivity contribution is 0.668. The average molecular weight is 562 g/mol. The molecule has 0 saturated carbocycles. The van der Waals surface area contributed by atoms with E-state index in [-0.39, 0.29) is 0 Å². The standard InChI is InChI=1S/C39H19N3O2/c40-20-23-8-11-35-32(14-23)33-19-25(10-13-36(33)43-35)27-16-28(30-5-2-1-4-26(30)22-42)18-29(17-27)31-6-3-7-38-39(31)34-15-24(21-41)9-12-37(34)44-38/h1-19H. The fraction of sp³-hybridized carbons (Fsp3) is 0. The number of nitriles is 3. The Kier molecular flexibility index (Phi) is 5.56. The molecule has 44 heavy (non-hydrogen) atoms. The Balaban J connectivity index is 1.42. The minimum Gasteiger partial charge on any atom is -0.456 e. The van der Waals surface area contributed by atoms with E-state index in [0.29, 0.717) is 22.3 Å². The van der Waals surface area contributed by atoms with Gasteiger partial charge in [0.15, 0.2) is 0 Å². The highest BCUT2D eigenvalue weighted by Gasteiger charge is 2.17. The first-order chi connectivity index (χ1) is 21.6. The summed E-state index contributed by atoms with van der Waals surface area (Å²) in [7, 11) is 0. The molecule has 0 unspecified atom stereocenters. The molecule has 2 heterocycles. The second kappa shape index (κ2) is 9.74. The minimum atomic E-state index is 0.563. The smallest absolute Gasteiger partial charge is 0.136 e. The van der Waals surface area contributed by atoms with Gasteiger partial charge in [-0.2, -0.15) is 15.8 Å². The van der Waals surface area contributed by atoms with Crippen molar-refractivity contribution in [3.63, 3.8) is 0 Å². The third-order valence-electron chi connectivity index (χ3n) is 8.16. The molecule has 0 saturated heterocycles.